The second-order valence-electron chi connectivity index (χ2n) is 7.79. The molecule has 140 valence electrons. The molecule has 1 aliphatic rings. The average molecular weight is 348 g/mol. The fourth-order valence-electron chi connectivity index (χ4n) is 3.79. The van der Waals surface area contributed by atoms with Gasteiger partial charge in [0.2, 0.25) is 5.91 Å². The summed E-state index contributed by atoms with van der Waals surface area (Å²) in [6.07, 6.45) is 0.304. The van der Waals surface area contributed by atoms with Gasteiger partial charge in [-0.05, 0) is 50.5 Å². The summed E-state index contributed by atoms with van der Waals surface area (Å²) in [7, 11) is 4.05. The Morgan fingerprint density at radius 2 is 1.84 bits per heavy atom. The van der Waals surface area contributed by atoms with E-state index in [0.29, 0.717) is 0 Å². The molecular formula is C20H33N3O2. The lowest BCUT2D eigenvalue weighted by atomic mass is 9.99. The first kappa shape index (κ1) is 19.7. The van der Waals surface area contributed by atoms with Crippen molar-refractivity contribution < 1.29 is 9.53 Å². The van der Waals surface area contributed by atoms with Gasteiger partial charge in [0.25, 0.3) is 0 Å². The standard InChI is InChI=1S/C20H33N3O2/c1-13(2)19(23-11-15(4)25-16(5)12-23)20(24)21-17-8-9-18(22(6)7)14(3)10-17/h8-10,13,15-16,19H,11-12H2,1-7H3,(H,21,24). The number of morpholine rings is 1. The van der Waals surface area contributed by atoms with E-state index >= 15 is 0 Å². The third-order valence-electron chi connectivity index (χ3n) is 4.69. The van der Waals surface area contributed by atoms with Gasteiger partial charge in [-0.2, -0.15) is 0 Å². The van der Waals surface area contributed by atoms with Gasteiger partial charge in [0.15, 0.2) is 0 Å². The van der Waals surface area contributed by atoms with Crippen LogP contribution in [-0.2, 0) is 9.53 Å². The number of carbonyl (C=O) groups is 1. The van der Waals surface area contributed by atoms with Crippen LogP contribution in [0, 0.1) is 12.8 Å². The molecule has 0 saturated carbocycles. The van der Waals surface area contributed by atoms with Crippen molar-refractivity contribution in [3.63, 3.8) is 0 Å². The minimum atomic E-state index is -0.150. The SMILES string of the molecule is Cc1cc(NC(=O)C(C(C)C)N2CC(C)OC(C)C2)ccc1N(C)C. The maximum atomic E-state index is 13.0. The van der Waals surface area contributed by atoms with E-state index < -0.39 is 0 Å². The summed E-state index contributed by atoms with van der Waals surface area (Å²) in [6, 6.07) is 5.91. The van der Waals surface area contributed by atoms with Crippen molar-refractivity contribution in [3.8, 4) is 0 Å². The Labute approximate surface area is 152 Å². The van der Waals surface area contributed by atoms with Gasteiger partial charge in [-0.3, -0.25) is 9.69 Å². The number of amides is 1. The van der Waals surface area contributed by atoms with E-state index in [-0.39, 0.29) is 30.1 Å². The predicted molar refractivity (Wildman–Crippen MR) is 104 cm³/mol. The Balaban J connectivity index is 2.14. The van der Waals surface area contributed by atoms with Crippen LogP contribution < -0.4 is 10.2 Å². The van der Waals surface area contributed by atoms with Crippen LogP contribution in [0.25, 0.3) is 0 Å². The summed E-state index contributed by atoms with van der Waals surface area (Å²) in [6.45, 7) is 12.0. The van der Waals surface area contributed by atoms with Gasteiger partial charge < -0.3 is 15.0 Å². The number of ether oxygens (including phenoxy) is 1. The van der Waals surface area contributed by atoms with Crippen LogP contribution in [0.15, 0.2) is 18.2 Å². The lowest BCUT2D eigenvalue weighted by Gasteiger charge is -2.41. The van der Waals surface area contributed by atoms with Crippen LogP contribution in [0.5, 0.6) is 0 Å². The lowest BCUT2D eigenvalue weighted by Crippen LogP contribution is -2.55. The molecule has 1 fully saturated rings. The van der Waals surface area contributed by atoms with Crippen molar-refractivity contribution in [2.24, 2.45) is 5.92 Å². The maximum Gasteiger partial charge on any atom is 0.241 e. The Morgan fingerprint density at radius 3 is 2.32 bits per heavy atom. The molecule has 1 saturated heterocycles. The van der Waals surface area contributed by atoms with Crippen LogP contribution in [0.1, 0.15) is 33.3 Å². The zero-order valence-corrected chi connectivity index (χ0v) is 16.7. The Kier molecular flexibility index (Phi) is 6.47. The topological polar surface area (TPSA) is 44.8 Å². The monoisotopic (exact) mass is 347 g/mol. The number of aryl methyl sites for hydroxylation is 1. The molecule has 5 heteroatoms. The fraction of sp³-hybridized carbons (Fsp3) is 0.650. The second kappa shape index (κ2) is 8.19. The largest absolute Gasteiger partial charge is 0.377 e. The van der Waals surface area contributed by atoms with Gasteiger partial charge in [-0.15, -0.1) is 0 Å². The summed E-state index contributed by atoms with van der Waals surface area (Å²) in [5.41, 5.74) is 3.17. The van der Waals surface area contributed by atoms with Crippen LogP contribution in [0.2, 0.25) is 0 Å². The molecule has 1 amide bonds. The highest BCUT2D eigenvalue weighted by molar-refractivity contribution is 5.95. The van der Waals surface area contributed by atoms with Gasteiger partial charge in [-0.1, -0.05) is 13.8 Å². The minimum absolute atomic E-state index is 0.0632. The lowest BCUT2D eigenvalue weighted by molar-refractivity contribution is -0.130. The number of nitrogens with one attached hydrogen (secondary N) is 1. The van der Waals surface area contributed by atoms with E-state index in [9.17, 15) is 4.79 Å². The molecule has 5 nitrogen and oxygen atoms in total. The number of rotatable bonds is 5. The summed E-state index contributed by atoms with van der Waals surface area (Å²) < 4.78 is 5.82. The quantitative estimate of drug-likeness (QED) is 0.889. The average Bonchev–Trinajstić information content (AvgIpc) is 2.45. The molecule has 3 unspecified atom stereocenters. The molecule has 25 heavy (non-hydrogen) atoms. The Bertz CT molecular complexity index is 591. The molecule has 1 N–H and O–H groups in total. The Hall–Kier alpha value is -1.59. The highest BCUT2D eigenvalue weighted by Gasteiger charge is 2.34. The summed E-state index contributed by atoms with van der Waals surface area (Å²) >= 11 is 0. The zero-order valence-electron chi connectivity index (χ0n) is 16.7. The maximum absolute atomic E-state index is 13.0. The van der Waals surface area contributed by atoms with Crippen LogP contribution in [-0.4, -0.2) is 56.2 Å². The van der Waals surface area contributed by atoms with E-state index in [0.717, 1.165) is 30.0 Å². The first-order valence-electron chi connectivity index (χ1n) is 9.17. The van der Waals surface area contributed by atoms with E-state index in [2.05, 4.69) is 49.7 Å². The summed E-state index contributed by atoms with van der Waals surface area (Å²) in [5, 5.41) is 3.12. The number of carbonyl (C=O) groups excluding carboxylic acids is 1. The fourth-order valence-corrected chi connectivity index (χ4v) is 3.79. The number of benzene rings is 1. The van der Waals surface area contributed by atoms with E-state index in [1.54, 1.807) is 0 Å². The number of hydrogen-bond donors (Lipinski definition) is 1. The van der Waals surface area contributed by atoms with Gasteiger partial charge in [0.05, 0.1) is 18.2 Å². The molecular weight excluding hydrogens is 314 g/mol. The highest BCUT2D eigenvalue weighted by Crippen LogP contribution is 2.24. The Morgan fingerprint density at radius 1 is 1.24 bits per heavy atom. The molecule has 2 rings (SSSR count). The van der Waals surface area contributed by atoms with E-state index in [4.69, 9.17) is 4.74 Å². The molecule has 0 radical (unpaired) electrons. The number of nitrogens with zero attached hydrogens (tertiary/aromatic N) is 2. The normalized spacial score (nSPS) is 22.7. The first-order valence-corrected chi connectivity index (χ1v) is 9.17. The van der Waals surface area contributed by atoms with Crippen molar-refractivity contribution in [2.45, 2.75) is 52.9 Å². The molecule has 3 atom stereocenters. The molecule has 1 aromatic carbocycles. The first-order chi connectivity index (χ1) is 11.7. The van der Waals surface area contributed by atoms with Crippen molar-refractivity contribution >= 4 is 17.3 Å². The van der Waals surface area contributed by atoms with Gasteiger partial charge in [0.1, 0.15) is 0 Å². The molecule has 0 spiro atoms. The van der Waals surface area contributed by atoms with Crippen molar-refractivity contribution in [3.05, 3.63) is 23.8 Å². The van der Waals surface area contributed by atoms with E-state index in [1.807, 2.05) is 32.3 Å². The number of hydrogen-bond acceptors (Lipinski definition) is 4. The predicted octanol–water partition coefficient (Wildman–Crippen LogP) is 3.13. The van der Waals surface area contributed by atoms with E-state index in [1.165, 1.54) is 0 Å². The van der Waals surface area contributed by atoms with Crippen LogP contribution in [0.4, 0.5) is 11.4 Å². The smallest absolute Gasteiger partial charge is 0.241 e. The van der Waals surface area contributed by atoms with Crippen molar-refractivity contribution in [1.29, 1.82) is 0 Å². The number of anilines is 2. The highest BCUT2D eigenvalue weighted by atomic mass is 16.5. The molecule has 0 aromatic heterocycles. The molecule has 1 aliphatic heterocycles. The minimum Gasteiger partial charge on any atom is -0.377 e. The molecule has 1 aromatic rings. The van der Waals surface area contributed by atoms with Crippen LogP contribution >= 0.6 is 0 Å². The molecule has 0 bridgehead atoms. The third-order valence-corrected chi connectivity index (χ3v) is 4.69. The van der Waals surface area contributed by atoms with Gasteiger partial charge in [0, 0.05) is 38.6 Å². The van der Waals surface area contributed by atoms with Crippen LogP contribution in [0.3, 0.4) is 0 Å². The summed E-state index contributed by atoms with van der Waals surface area (Å²) in [5.74, 6) is 0.299. The third kappa shape index (κ3) is 4.95. The van der Waals surface area contributed by atoms with Gasteiger partial charge in [-0.25, -0.2) is 0 Å². The molecule has 0 aliphatic carbocycles. The van der Waals surface area contributed by atoms with Crippen molar-refractivity contribution in [2.75, 3.05) is 37.4 Å². The van der Waals surface area contributed by atoms with Crippen molar-refractivity contribution in [1.82, 2.24) is 4.90 Å². The zero-order chi connectivity index (χ0) is 18.7. The summed E-state index contributed by atoms with van der Waals surface area (Å²) in [4.78, 5) is 17.3. The molecule has 1 heterocycles. The second-order valence-corrected chi connectivity index (χ2v) is 7.79. The van der Waals surface area contributed by atoms with Gasteiger partial charge >= 0.3 is 0 Å².